The monoisotopic (exact) mass is 429 g/mol. The van der Waals surface area contributed by atoms with E-state index in [1.54, 1.807) is 14.2 Å². The Kier molecular flexibility index (Phi) is 5.42. The molecule has 3 aromatic carbocycles. The average molecular weight is 430 g/mol. The average Bonchev–Trinajstić information content (AvgIpc) is 2.68. The first-order valence-corrected chi connectivity index (χ1v) is 8.48. The molecule has 0 atom stereocenters. The molecule has 1 aliphatic rings. The number of ether oxygens (including phenoxy) is 2. The minimum Gasteiger partial charge on any atom is -0.496 e. The molecule has 0 saturated heterocycles. The number of fused-ring (bicyclic) bond motifs is 2. The molecule has 0 amide bonds. The maximum Gasteiger partial charge on any atom is 0.125 e. The molecule has 1 heterocycles. The molecule has 3 nitrogen and oxygen atoms in total. The van der Waals surface area contributed by atoms with Gasteiger partial charge in [0.15, 0.2) is 0 Å². The van der Waals surface area contributed by atoms with E-state index in [-0.39, 0.29) is 28.7 Å². The van der Waals surface area contributed by atoms with E-state index in [1.807, 2.05) is 43.4 Å². The van der Waals surface area contributed by atoms with Crippen LogP contribution in [0.3, 0.4) is 0 Å². The van der Waals surface area contributed by atoms with E-state index in [0.717, 1.165) is 39.6 Å². The summed E-state index contributed by atoms with van der Waals surface area (Å²) >= 11 is 0. The second kappa shape index (κ2) is 7.61. The van der Waals surface area contributed by atoms with Gasteiger partial charge in [-0.25, -0.2) is 4.39 Å². The van der Waals surface area contributed by atoms with Crippen molar-refractivity contribution < 1.29 is 13.9 Å². The van der Waals surface area contributed by atoms with Gasteiger partial charge in [-0.3, -0.25) is 0 Å². The van der Waals surface area contributed by atoms with E-state index in [4.69, 9.17) is 9.47 Å². The van der Waals surface area contributed by atoms with E-state index >= 15 is 0 Å². The van der Waals surface area contributed by atoms with Gasteiger partial charge in [-0.15, -0.1) is 17.0 Å². The number of anilines is 2. The van der Waals surface area contributed by atoms with Gasteiger partial charge in [0.25, 0.3) is 0 Å². The summed E-state index contributed by atoms with van der Waals surface area (Å²) in [6.45, 7) is 0. The van der Waals surface area contributed by atoms with E-state index in [9.17, 15) is 4.39 Å². The molecule has 0 fully saturated rings. The molecule has 0 aromatic heterocycles. The van der Waals surface area contributed by atoms with Gasteiger partial charge in [0.05, 0.1) is 14.2 Å². The first-order valence-electron chi connectivity index (χ1n) is 8.48. The summed E-state index contributed by atoms with van der Waals surface area (Å²) in [6.07, 6.45) is 0. The highest BCUT2D eigenvalue weighted by atomic mass is 79.9. The van der Waals surface area contributed by atoms with Crippen molar-refractivity contribution >= 4 is 28.4 Å². The van der Waals surface area contributed by atoms with Gasteiger partial charge in [0.2, 0.25) is 0 Å². The molecule has 4 rings (SSSR count). The first kappa shape index (κ1) is 19.2. The Balaban J connectivity index is 0.00000210. The summed E-state index contributed by atoms with van der Waals surface area (Å²) in [6, 6.07) is 18.7. The Morgan fingerprint density at radius 2 is 1.26 bits per heavy atom. The lowest BCUT2D eigenvalue weighted by atomic mass is 9.79. The van der Waals surface area contributed by atoms with Crippen molar-refractivity contribution in [2.75, 3.05) is 26.2 Å². The molecule has 5 heteroatoms. The number of methoxy groups -OCH3 is 2. The maximum absolute atomic E-state index is 13.5. The molecule has 0 N–H and O–H groups in total. The largest absolute Gasteiger partial charge is 0.496 e. The summed E-state index contributed by atoms with van der Waals surface area (Å²) in [4.78, 5) is 2.15. The SMILES string of the molecule is Br.COc1cccc2c1C(c1ccc(F)cc1)c1c(OC)cccc1N2C. The Bertz CT molecular complexity index is 904. The van der Waals surface area contributed by atoms with E-state index < -0.39 is 0 Å². The van der Waals surface area contributed by atoms with E-state index in [0.29, 0.717) is 0 Å². The highest BCUT2D eigenvalue weighted by Gasteiger charge is 2.34. The van der Waals surface area contributed by atoms with Crippen LogP contribution in [-0.4, -0.2) is 21.3 Å². The number of hydrogen-bond acceptors (Lipinski definition) is 3. The van der Waals surface area contributed by atoms with Gasteiger partial charge in [-0.1, -0.05) is 24.3 Å². The molecule has 0 aliphatic carbocycles. The maximum atomic E-state index is 13.5. The van der Waals surface area contributed by atoms with Crippen LogP contribution in [0.4, 0.5) is 15.8 Å². The van der Waals surface area contributed by atoms with Crippen LogP contribution in [-0.2, 0) is 0 Å². The van der Waals surface area contributed by atoms with E-state index in [1.165, 1.54) is 12.1 Å². The van der Waals surface area contributed by atoms with Crippen LogP contribution in [0.1, 0.15) is 22.6 Å². The van der Waals surface area contributed by atoms with Crippen LogP contribution >= 0.6 is 17.0 Å². The predicted molar refractivity (Wildman–Crippen MR) is 112 cm³/mol. The van der Waals surface area contributed by atoms with Crippen molar-refractivity contribution in [1.82, 2.24) is 0 Å². The Morgan fingerprint density at radius 1 is 0.778 bits per heavy atom. The van der Waals surface area contributed by atoms with Crippen LogP contribution in [0.25, 0.3) is 0 Å². The van der Waals surface area contributed by atoms with Crippen molar-refractivity contribution in [3.05, 3.63) is 83.2 Å². The molecule has 3 aromatic rings. The zero-order chi connectivity index (χ0) is 18.3. The minimum atomic E-state index is -0.248. The van der Waals surface area contributed by atoms with Crippen LogP contribution in [0.5, 0.6) is 11.5 Å². The fourth-order valence-corrected chi connectivity index (χ4v) is 3.85. The van der Waals surface area contributed by atoms with Crippen molar-refractivity contribution in [1.29, 1.82) is 0 Å². The quantitative estimate of drug-likeness (QED) is 0.534. The number of rotatable bonds is 3. The first-order chi connectivity index (χ1) is 12.7. The number of halogens is 2. The number of hydrogen-bond donors (Lipinski definition) is 0. The van der Waals surface area contributed by atoms with Gasteiger partial charge in [0.1, 0.15) is 17.3 Å². The van der Waals surface area contributed by atoms with Gasteiger partial charge < -0.3 is 14.4 Å². The predicted octanol–water partition coefficient (Wildman–Crippen LogP) is 5.68. The summed E-state index contributed by atoms with van der Waals surface area (Å²) < 4.78 is 24.9. The van der Waals surface area contributed by atoms with Crippen molar-refractivity contribution in [2.45, 2.75) is 5.92 Å². The molecular formula is C22H21BrFNO2. The lowest BCUT2D eigenvalue weighted by molar-refractivity contribution is 0.402. The van der Waals surface area contributed by atoms with Gasteiger partial charge in [-0.05, 0) is 42.0 Å². The highest BCUT2D eigenvalue weighted by Crippen LogP contribution is 2.53. The summed E-state index contributed by atoms with van der Waals surface area (Å²) in [5, 5.41) is 0. The van der Waals surface area contributed by atoms with Gasteiger partial charge in [0, 0.05) is 35.5 Å². The molecule has 0 radical (unpaired) electrons. The zero-order valence-electron chi connectivity index (χ0n) is 15.4. The second-order valence-electron chi connectivity index (χ2n) is 6.33. The molecule has 0 saturated carbocycles. The number of nitrogens with zero attached hydrogens (tertiary/aromatic N) is 1. The molecule has 0 spiro atoms. The fraction of sp³-hybridized carbons (Fsp3) is 0.182. The van der Waals surface area contributed by atoms with E-state index in [2.05, 4.69) is 17.0 Å². The number of benzene rings is 3. The van der Waals surface area contributed by atoms with Crippen LogP contribution in [0.15, 0.2) is 60.7 Å². The molecule has 1 aliphatic heterocycles. The zero-order valence-corrected chi connectivity index (χ0v) is 17.1. The Morgan fingerprint density at radius 3 is 1.70 bits per heavy atom. The van der Waals surface area contributed by atoms with Gasteiger partial charge >= 0.3 is 0 Å². The third-order valence-corrected chi connectivity index (χ3v) is 5.03. The summed E-state index contributed by atoms with van der Waals surface area (Å²) in [5.74, 6) is 1.26. The standard InChI is InChI=1S/C22H20FNO2.BrH/c1-24-16-6-4-8-18(25-2)21(16)20(14-10-12-15(23)13-11-14)22-17(24)7-5-9-19(22)26-3;/h4-13,20H,1-3H3;1H. The topological polar surface area (TPSA) is 21.7 Å². The second-order valence-corrected chi connectivity index (χ2v) is 6.33. The van der Waals surface area contributed by atoms with Crippen molar-refractivity contribution in [2.24, 2.45) is 0 Å². The molecule has 140 valence electrons. The third-order valence-electron chi connectivity index (χ3n) is 5.03. The molecule has 0 bridgehead atoms. The fourth-order valence-electron chi connectivity index (χ4n) is 3.85. The normalized spacial score (nSPS) is 12.7. The van der Waals surface area contributed by atoms with Crippen LogP contribution in [0.2, 0.25) is 0 Å². The van der Waals surface area contributed by atoms with Gasteiger partial charge in [-0.2, -0.15) is 0 Å². The molecule has 27 heavy (non-hydrogen) atoms. The molecule has 0 unspecified atom stereocenters. The smallest absolute Gasteiger partial charge is 0.125 e. The third kappa shape index (κ3) is 3.06. The summed E-state index contributed by atoms with van der Waals surface area (Å²) in [5.41, 5.74) is 5.25. The molecular weight excluding hydrogens is 409 g/mol. The van der Waals surface area contributed by atoms with Crippen LogP contribution < -0.4 is 14.4 Å². The Hall–Kier alpha value is -2.53. The van der Waals surface area contributed by atoms with Crippen molar-refractivity contribution in [3.63, 3.8) is 0 Å². The lowest BCUT2D eigenvalue weighted by Gasteiger charge is -2.37. The highest BCUT2D eigenvalue weighted by molar-refractivity contribution is 8.93. The van der Waals surface area contributed by atoms with Crippen molar-refractivity contribution in [3.8, 4) is 11.5 Å². The minimum absolute atomic E-state index is 0. The van der Waals surface area contributed by atoms with Crippen LogP contribution in [0, 0.1) is 5.82 Å². The summed E-state index contributed by atoms with van der Waals surface area (Å²) in [7, 11) is 5.39. The Labute approximate surface area is 169 Å². The lowest BCUT2D eigenvalue weighted by Crippen LogP contribution is -2.23.